The topological polar surface area (TPSA) is 55.9 Å². The summed E-state index contributed by atoms with van der Waals surface area (Å²) in [5.41, 5.74) is 0. The van der Waals surface area contributed by atoms with Crippen LogP contribution in [0.3, 0.4) is 0 Å². The number of rotatable bonds is 5. The molecule has 0 aliphatic heterocycles. The van der Waals surface area contributed by atoms with E-state index in [0.29, 0.717) is 6.04 Å². The molecule has 1 N–H and O–H groups in total. The van der Waals surface area contributed by atoms with Crippen LogP contribution in [0.15, 0.2) is 35.5 Å². The van der Waals surface area contributed by atoms with E-state index in [2.05, 4.69) is 22.3 Å². The fourth-order valence-corrected chi connectivity index (χ4v) is 1.36. The molecule has 2 heterocycles. The monoisotopic (exact) mass is 206 g/mol. The van der Waals surface area contributed by atoms with Gasteiger partial charge < -0.3 is 9.73 Å². The molecular weight excluding hydrogens is 192 g/mol. The molecule has 1 unspecified atom stereocenters. The molecule has 0 aromatic carbocycles. The van der Waals surface area contributed by atoms with E-state index < -0.39 is 0 Å². The molecule has 0 fully saturated rings. The lowest BCUT2D eigenvalue weighted by molar-refractivity contribution is 0.426. The van der Waals surface area contributed by atoms with Crippen LogP contribution in [-0.2, 0) is 6.54 Å². The van der Waals surface area contributed by atoms with Gasteiger partial charge in [0.15, 0.2) is 0 Å². The van der Waals surface area contributed by atoms with Crippen LogP contribution in [0.25, 0.3) is 0 Å². The molecule has 0 saturated carbocycles. The van der Waals surface area contributed by atoms with Gasteiger partial charge in [-0.15, -0.1) is 0 Å². The van der Waals surface area contributed by atoms with E-state index >= 15 is 0 Å². The van der Waals surface area contributed by atoms with Crippen molar-refractivity contribution >= 4 is 0 Å². The van der Waals surface area contributed by atoms with E-state index in [9.17, 15) is 0 Å². The first-order valence-corrected chi connectivity index (χ1v) is 4.93. The fraction of sp³-hybridized carbons (Fsp3) is 0.400. The smallest absolute Gasteiger partial charge is 0.137 e. The highest BCUT2D eigenvalue weighted by Crippen LogP contribution is 2.02. The highest BCUT2D eigenvalue weighted by atomic mass is 16.3. The summed E-state index contributed by atoms with van der Waals surface area (Å²) in [6, 6.07) is 4.13. The highest BCUT2D eigenvalue weighted by Gasteiger charge is 2.04. The average Bonchev–Trinajstić information content (AvgIpc) is 2.90. The van der Waals surface area contributed by atoms with Crippen LogP contribution in [-0.4, -0.2) is 21.3 Å². The molecule has 0 bridgehead atoms. The third-order valence-electron chi connectivity index (χ3n) is 2.21. The van der Waals surface area contributed by atoms with Crippen LogP contribution in [0.2, 0.25) is 0 Å². The number of aromatic nitrogens is 3. The van der Waals surface area contributed by atoms with Gasteiger partial charge in [-0.1, -0.05) is 0 Å². The van der Waals surface area contributed by atoms with Crippen molar-refractivity contribution in [2.24, 2.45) is 0 Å². The van der Waals surface area contributed by atoms with Crippen molar-refractivity contribution in [3.8, 4) is 0 Å². The SMILES string of the molecule is CC(CNCc1ccco1)n1cncn1. The van der Waals surface area contributed by atoms with E-state index in [0.717, 1.165) is 18.8 Å². The molecule has 2 rings (SSSR count). The Morgan fingerprint density at radius 3 is 3.20 bits per heavy atom. The molecule has 5 nitrogen and oxygen atoms in total. The largest absolute Gasteiger partial charge is 0.468 e. The predicted octanol–water partition coefficient (Wildman–Crippen LogP) is 1.22. The van der Waals surface area contributed by atoms with Crippen molar-refractivity contribution in [3.63, 3.8) is 0 Å². The maximum atomic E-state index is 5.21. The van der Waals surface area contributed by atoms with Crippen molar-refractivity contribution in [1.29, 1.82) is 0 Å². The Morgan fingerprint density at radius 1 is 1.60 bits per heavy atom. The zero-order chi connectivity index (χ0) is 10.5. The molecule has 0 saturated heterocycles. The van der Waals surface area contributed by atoms with Crippen LogP contribution in [0.4, 0.5) is 0 Å². The molecule has 0 aliphatic carbocycles. The summed E-state index contributed by atoms with van der Waals surface area (Å²) in [5.74, 6) is 0.945. The van der Waals surface area contributed by atoms with Gasteiger partial charge in [0.25, 0.3) is 0 Å². The fourth-order valence-electron chi connectivity index (χ4n) is 1.36. The van der Waals surface area contributed by atoms with Crippen LogP contribution < -0.4 is 5.32 Å². The third kappa shape index (κ3) is 2.66. The molecule has 80 valence electrons. The van der Waals surface area contributed by atoms with Gasteiger partial charge in [-0.25, -0.2) is 9.67 Å². The van der Waals surface area contributed by atoms with E-state index in [1.165, 1.54) is 0 Å². The summed E-state index contributed by atoms with van der Waals surface area (Å²) < 4.78 is 7.04. The Hall–Kier alpha value is -1.62. The lowest BCUT2D eigenvalue weighted by Gasteiger charge is -2.11. The molecule has 0 spiro atoms. The number of hydrogen-bond donors (Lipinski definition) is 1. The summed E-state index contributed by atoms with van der Waals surface area (Å²) in [7, 11) is 0. The number of nitrogens with zero attached hydrogens (tertiary/aromatic N) is 3. The third-order valence-corrected chi connectivity index (χ3v) is 2.21. The molecule has 2 aromatic heterocycles. The van der Waals surface area contributed by atoms with Crippen molar-refractivity contribution < 1.29 is 4.42 Å². The van der Waals surface area contributed by atoms with Gasteiger partial charge in [-0.3, -0.25) is 0 Å². The minimum Gasteiger partial charge on any atom is -0.468 e. The van der Waals surface area contributed by atoms with Crippen LogP contribution in [0, 0.1) is 0 Å². The standard InChI is InChI=1S/C10H14N4O/c1-9(14-8-12-7-13-14)5-11-6-10-3-2-4-15-10/h2-4,7-9,11H,5-6H2,1H3. The second-order valence-corrected chi connectivity index (χ2v) is 3.43. The molecule has 0 aliphatic rings. The van der Waals surface area contributed by atoms with Crippen molar-refractivity contribution in [2.45, 2.75) is 19.5 Å². The maximum absolute atomic E-state index is 5.21. The van der Waals surface area contributed by atoms with E-state index in [1.807, 2.05) is 16.8 Å². The lowest BCUT2D eigenvalue weighted by atomic mass is 10.3. The van der Waals surface area contributed by atoms with E-state index in [1.54, 1.807) is 18.9 Å². The molecule has 0 amide bonds. The quantitative estimate of drug-likeness (QED) is 0.799. The summed E-state index contributed by atoms with van der Waals surface area (Å²) in [4.78, 5) is 3.91. The first kappa shape index (κ1) is 9.92. The van der Waals surface area contributed by atoms with E-state index in [4.69, 9.17) is 4.42 Å². The van der Waals surface area contributed by atoms with Gasteiger partial charge in [0.1, 0.15) is 18.4 Å². The number of nitrogens with one attached hydrogen (secondary N) is 1. The predicted molar refractivity (Wildman–Crippen MR) is 55.1 cm³/mol. The minimum absolute atomic E-state index is 0.294. The van der Waals surface area contributed by atoms with Gasteiger partial charge in [0.05, 0.1) is 18.8 Å². The van der Waals surface area contributed by atoms with Gasteiger partial charge in [0, 0.05) is 6.54 Å². The van der Waals surface area contributed by atoms with Crippen molar-refractivity contribution in [2.75, 3.05) is 6.54 Å². The molecule has 0 radical (unpaired) electrons. The van der Waals surface area contributed by atoms with Gasteiger partial charge >= 0.3 is 0 Å². The van der Waals surface area contributed by atoms with Crippen LogP contribution in [0.1, 0.15) is 18.7 Å². The van der Waals surface area contributed by atoms with Crippen molar-refractivity contribution in [3.05, 3.63) is 36.8 Å². The molecule has 5 heteroatoms. The highest BCUT2D eigenvalue weighted by molar-refractivity contribution is 4.97. The van der Waals surface area contributed by atoms with Gasteiger partial charge in [0.2, 0.25) is 0 Å². The zero-order valence-corrected chi connectivity index (χ0v) is 8.63. The summed E-state index contributed by atoms with van der Waals surface area (Å²) >= 11 is 0. The second kappa shape index (κ2) is 4.75. The Bertz CT molecular complexity index is 368. The normalized spacial score (nSPS) is 12.9. The first-order chi connectivity index (χ1) is 7.36. The van der Waals surface area contributed by atoms with Crippen LogP contribution >= 0.6 is 0 Å². The summed E-state index contributed by atoms with van der Waals surface area (Å²) in [5, 5.41) is 7.37. The average molecular weight is 206 g/mol. The first-order valence-electron chi connectivity index (χ1n) is 4.93. The lowest BCUT2D eigenvalue weighted by Crippen LogP contribution is -2.23. The summed E-state index contributed by atoms with van der Waals surface area (Å²) in [6.45, 7) is 3.67. The van der Waals surface area contributed by atoms with Crippen molar-refractivity contribution in [1.82, 2.24) is 20.1 Å². The number of hydrogen-bond acceptors (Lipinski definition) is 4. The van der Waals surface area contributed by atoms with Crippen LogP contribution in [0.5, 0.6) is 0 Å². The molecule has 1 atom stereocenters. The van der Waals surface area contributed by atoms with E-state index in [-0.39, 0.29) is 0 Å². The molecule has 2 aromatic rings. The Morgan fingerprint density at radius 2 is 2.53 bits per heavy atom. The van der Waals surface area contributed by atoms with Gasteiger partial charge in [-0.05, 0) is 19.1 Å². The van der Waals surface area contributed by atoms with Gasteiger partial charge in [-0.2, -0.15) is 5.10 Å². The Balaban J connectivity index is 1.74. The number of furan rings is 1. The summed E-state index contributed by atoms with van der Waals surface area (Å²) in [6.07, 6.45) is 4.94. The zero-order valence-electron chi connectivity index (χ0n) is 8.63. The molecule has 15 heavy (non-hydrogen) atoms. The Kier molecular flexibility index (Phi) is 3.14. The Labute approximate surface area is 88.1 Å². The second-order valence-electron chi connectivity index (χ2n) is 3.43. The molecular formula is C10H14N4O. The minimum atomic E-state index is 0.294. The maximum Gasteiger partial charge on any atom is 0.137 e.